The maximum atomic E-state index is 11.5. The molecular formula is C10H8N8O2S. The van der Waals surface area contributed by atoms with E-state index >= 15 is 0 Å². The van der Waals surface area contributed by atoms with Gasteiger partial charge in [-0.05, 0) is 16.4 Å². The van der Waals surface area contributed by atoms with E-state index in [4.69, 9.17) is 5.73 Å². The van der Waals surface area contributed by atoms with E-state index in [9.17, 15) is 4.79 Å². The summed E-state index contributed by atoms with van der Waals surface area (Å²) in [6.45, 7) is 0. The number of nitrogens with zero attached hydrogens (tertiary/aromatic N) is 5. The summed E-state index contributed by atoms with van der Waals surface area (Å²) < 4.78 is 12.6. The maximum absolute atomic E-state index is 11.5. The van der Waals surface area contributed by atoms with Gasteiger partial charge in [-0.2, -0.15) is 13.8 Å². The lowest BCUT2D eigenvalue weighted by Gasteiger charge is -1.99. The van der Waals surface area contributed by atoms with E-state index in [1.54, 1.807) is 0 Å². The van der Waals surface area contributed by atoms with E-state index in [1.165, 1.54) is 6.21 Å². The SMILES string of the molecule is Nc1nonc1NC(=O)N/N=C\c1cccc2nsnc12. The Labute approximate surface area is 121 Å². The number of nitrogen functional groups attached to an aromatic ring is 1. The number of amides is 2. The molecule has 3 rings (SSSR count). The molecule has 2 heterocycles. The normalized spacial score (nSPS) is 11.0. The second-order valence-corrected chi connectivity index (χ2v) is 4.33. The summed E-state index contributed by atoms with van der Waals surface area (Å²) >= 11 is 1.11. The van der Waals surface area contributed by atoms with E-state index in [-0.39, 0.29) is 11.6 Å². The van der Waals surface area contributed by atoms with E-state index in [2.05, 4.69) is 39.5 Å². The van der Waals surface area contributed by atoms with Crippen molar-refractivity contribution >= 4 is 46.6 Å². The third kappa shape index (κ3) is 2.76. The number of hydrazone groups is 1. The second kappa shape index (κ2) is 5.50. The highest BCUT2D eigenvalue weighted by molar-refractivity contribution is 7.00. The number of nitrogens with one attached hydrogen (secondary N) is 2. The molecule has 0 saturated carbocycles. The molecule has 0 aliphatic rings. The molecule has 0 bridgehead atoms. The number of aromatic nitrogens is 4. The third-order valence-corrected chi connectivity index (χ3v) is 2.98. The van der Waals surface area contributed by atoms with Gasteiger partial charge in [0, 0.05) is 5.56 Å². The second-order valence-electron chi connectivity index (χ2n) is 3.80. The monoisotopic (exact) mass is 304 g/mol. The van der Waals surface area contributed by atoms with Crippen LogP contribution < -0.4 is 16.5 Å². The van der Waals surface area contributed by atoms with Crippen LogP contribution in [-0.2, 0) is 0 Å². The summed E-state index contributed by atoms with van der Waals surface area (Å²) in [5.74, 6) is 0.000878. The van der Waals surface area contributed by atoms with Gasteiger partial charge in [0.25, 0.3) is 0 Å². The lowest BCUT2D eigenvalue weighted by molar-refractivity contribution is 0.252. The zero-order chi connectivity index (χ0) is 14.7. The van der Waals surface area contributed by atoms with Gasteiger partial charge in [-0.1, -0.05) is 12.1 Å². The van der Waals surface area contributed by atoms with Gasteiger partial charge in [0.2, 0.25) is 11.6 Å². The fraction of sp³-hybridized carbons (Fsp3) is 0. The summed E-state index contributed by atoms with van der Waals surface area (Å²) in [5, 5.41) is 12.9. The molecule has 0 saturated heterocycles. The van der Waals surface area contributed by atoms with Crippen molar-refractivity contribution in [1.82, 2.24) is 24.5 Å². The first-order chi connectivity index (χ1) is 10.2. The molecule has 1 aromatic carbocycles. The van der Waals surface area contributed by atoms with Crippen LogP contribution >= 0.6 is 11.7 Å². The van der Waals surface area contributed by atoms with Crippen LogP contribution in [0, 0.1) is 0 Å². The third-order valence-electron chi connectivity index (χ3n) is 2.43. The number of urea groups is 1. The first kappa shape index (κ1) is 12.9. The Morgan fingerprint density at radius 2 is 2.29 bits per heavy atom. The average Bonchev–Trinajstić information content (AvgIpc) is 3.09. The summed E-state index contributed by atoms with van der Waals surface area (Å²) in [4.78, 5) is 11.5. The number of carbonyl (C=O) groups excluding carboxylic acids is 1. The minimum absolute atomic E-state index is 0.0209. The van der Waals surface area contributed by atoms with Crippen molar-refractivity contribution in [1.29, 1.82) is 0 Å². The minimum Gasteiger partial charge on any atom is -0.378 e. The molecular weight excluding hydrogens is 296 g/mol. The van der Waals surface area contributed by atoms with Gasteiger partial charge in [-0.25, -0.2) is 14.8 Å². The lowest BCUT2D eigenvalue weighted by Crippen LogP contribution is -2.24. The number of carbonyl (C=O) groups is 1. The Morgan fingerprint density at radius 3 is 3.10 bits per heavy atom. The minimum atomic E-state index is -0.628. The van der Waals surface area contributed by atoms with Crippen LogP contribution in [0.1, 0.15) is 5.56 Å². The Morgan fingerprint density at radius 1 is 1.38 bits per heavy atom. The molecule has 0 unspecified atom stereocenters. The predicted octanol–water partition coefficient (Wildman–Crippen LogP) is 0.812. The first-order valence-corrected chi connectivity index (χ1v) is 6.36. The molecule has 10 nitrogen and oxygen atoms in total. The molecule has 0 atom stereocenters. The first-order valence-electron chi connectivity index (χ1n) is 5.63. The topological polar surface area (TPSA) is 144 Å². The van der Waals surface area contributed by atoms with Crippen molar-refractivity contribution in [2.24, 2.45) is 5.10 Å². The molecule has 4 N–H and O–H groups in total. The molecule has 2 aromatic heterocycles. The smallest absolute Gasteiger partial charge is 0.340 e. The average molecular weight is 304 g/mol. The molecule has 11 heteroatoms. The van der Waals surface area contributed by atoms with Crippen molar-refractivity contribution in [2.45, 2.75) is 0 Å². The number of hydrogen-bond acceptors (Lipinski definition) is 9. The Kier molecular flexibility index (Phi) is 3.39. The Bertz CT molecular complexity index is 810. The summed E-state index contributed by atoms with van der Waals surface area (Å²) in [5.41, 5.74) is 9.89. The van der Waals surface area contributed by atoms with Crippen LogP contribution in [0.15, 0.2) is 27.9 Å². The molecule has 3 aromatic rings. The fourth-order valence-electron chi connectivity index (χ4n) is 1.51. The summed E-state index contributed by atoms with van der Waals surface area (Å²) in [6, 6.07) is 4.85. The van der Waals surface area contributed by atoms with Crippen LogP contribution in [0.2, 0.25) is 0 Å². The molecule has 0 spiro atoms. The zero-order valence-corrected chi connectivity index (χ0v) is 11.2. The number of nitrogens with two attached hydrogens (primary N) is 1. The van der Waals surface area contributed by atoms with Gasteiger partial charge >= 0.3 is 6.03 Å². The highest BCUT2D eigenvalue weighted by atomic mass is 32.1. The molecule has 0 aliphatic carbocycles. The van der Waals surface area contributed by atoms with Gasteiger partial charge in [0.1, 0.15) is 11.0 Å². The number of fused-ring (bicyclic) bond motifs is 1. The Balaban J connectivity index is 1.66. The van der Waals surface area contributed by atoms with E-state index < -0.39 is 6.03 Å². The molecule has 2 amide bonds. The quantitative estimate of drug-likeness (QED) is 0.479. The molecule has 21 heavy (non-hydrogen) atoms. The standard InChI is InChI=1S/C10H8N8O2S/c11-8-9(16-20-15-8)13-10(19)14-12-4-5-2-1-3-6-7(5)18-21-17-6/h1-4H,(H2,11,15)(H2,13,14,16,19)/b12-4-. The highest BCUT2D eigenvalue weighted by Gasteiger charge is 2.09. The molecule has 0 aliphatic heterocycles. The number of rotatable bonds is 3. The highest BCUT2D eigenvalue weighted by Crippen LogP contribution is 2.14. The van der Waals surface area contributed by atoms with Crippen molar-refractivity contribution in [2.75, 3.05) is 11.1 Å². The number of anilines is 2. The number of benzene rings is 1. The van der Waals surface area contributed by atoms with Crippen LogP contribution in [0.3, 0.4) is 0 Å². The van der Waals surface area contributed by atoms with Crippen LogP contribution in [-0.4, -0.2) is 31.3 Å². The van der Waals surface area contributed by atoms with Gasteiger partial charge in [0.15, 0.2) is 0 Å². The number of hydrogen-bond donors (Lipinski definition) is 3. The maximum Gasteiger partial charge on any atom is 0.340 e. The van der Waals surface area contributed by atoms with Crippen molar-refractivity contribution < 1.29 is 9.42 Å². The zero-order valence-electron chi connectivity index (χ0n) is 10.3. The largest absolute Gasteiger partial charge is 0.378 e. The molecule has 106 valence electrons. The summed E-state index contributed by atoms with van der Waals surface area (Å²) in [7, 11) is 0. The van der Waals surface area contributed by atoms with Gasteiger partial charge in [-0.3, -0.25) is 5.32 Å². The molecule has 0 fully saturated rings. The van der Waals surface area contributed by atoms with Crippen LogP contribution in [0.5, 0.6) is 0 Å². The fourth-order valence-corrected chi connectivity index (χ4v) is 2.07. The van der Waals surface area contributed by atoms with Crippen molar-refractivity contribution in [3.8, 4) is 0 Å². The van der Waals surface area contributed by atoms with Gasteiger partial charge in [0.05, 0.1) is 17.9 Å². The van der Waals surface area contributed by atoms with Gasteiger partial charge < -0.3 is 5.73 Å². The van der Waals surface area contributed by atoms with Crippen LogP contribution in [0.25, 0.3) is 11.0 Å². The van der Waals surface area contributed by atoms with E-state index in [1.807, 2.05) is 18.2 Å². The van der Waals surface area contributed by atoms with Crippen LogP contribution in [0.4, 0.5) is 16.4 Å². The predicted molar refractivity (Wildman–Crippen MR) is 75.9 cm³/mol. The molecule has 0 radical (unpaired) electrons. The Hall–Kier alpha value is -3.08. The summed E-state index contributed by atoms with van der Waals surface area (Å²) in [6.07, 6.45) is 1.47. The van der Waals surface area contributed by atoms with E-state index in [0.29, 0.717) is 0 Å². The van der Waals surface area contributed by atoms with Crippen molar-refractivity contribution in [3.05, 3.63) is 23.8 Å². The lowest BCUT2D eigenvalue weighted by atomic mass is 10.2. The van der Waals surface area contributed by atoms with Gasteiger partial charge in [-0.15, -0.1) is 0 Å². The van der Waals surface area contributed by atoms with E-state index in [0.717, 1.165) is 28.3 Å². The van der Waals surface area contributed by atoms with Crippen molar-refractivity contribution in [3.63, 3.8) is 0 Å².